The fourth-order valence-corrected chi connectivity index (χ4v) is 2.80. The molecular weight excluding hydrogens is 424 g/mol. The molecule has 0 aliphatic rings. The summed E-state index contributed by atoms with van der Waals surface area (Å²) in [5.74, 6) is -5.09. The van der Waals surface area contributed by atoms with Crippen molar-refractivity contribution in [1.82, 2.24) is 16.0 Å². The summed E-state index contributed by atoms with van der Waals surface area (Å²) in [6, 6.07) is -4.86. The molecular formula is C20H36N4O8. The molecule has 0 aliphatic heterocycles. The number of aliphatic hydroxyl groups excluding tert-OH is 1. The molecule has 0 bridgehead atoms. The lowest BCUT2D eigenvalue weighted by Gasteiger charge is -2.26. The number of amides is 3. The molecule has 0 aromatic heterocycles. The molecule has 0 fully saturated rings. The summed E-state index contributed by atoms with van der Waals surface area (Å²) in [7, 11) is 0. The predicted octanol–water partition coefficient (Wildman–Crippen LogP) is -1.20. The van der Waals surface area contributed by atoms with Crippen LogP contribution in [0, 0.1) is 11.8 Å². The zero-order chi connectivity index (χ0) is 25.0. The molecule has 0 rings (SSSR count). The topological polar surface area (TPSA) is 208 Å². The Balaban J connectivity index is 5.27. The molecule has 0 aromatic carbocycles. The first-order valence-electron chi connectivity index (χ1n) is 10.6. The van der Waals surface area contributed by atoms with Crippen LogP contribution in [-0.2, 0) is 24.0 Å². The molecule has 0 radical (unpaired) electrons. The number of hydrogen-bond donors (Lipinski definition) is 7. The largest absolute Gasteiger partial charge is 0.481 e. The van der Waals surface area contributed by atoms with Crippen molar-refractivity contribution in [3.63, 3.8) is 0 Å². The molecule has 0 spiro atoms. The number of carboxylic acid groups (broad SMARTS) is 2. The Labute approximate surface area is 187 Å². The van der Waals surface area contributed by atoms with E-state index in [0.29, 0.717) is 6.42 Å². The standard InChI is InChI=1S/C20H36N4O8/c1-5-11(4)16(20(31)32)24-18(29)13(8-10(2)3)22-19(30)14(9-25)23-17(28)12(21)6-7-15(26)27/h10-14,16,25H,5-9,21H2,1-4H3,(H,22,30)(H,23,28)(H,24,29)(H,26,27)(H,31,32). The number of hydrogen-bond acceptors (Lipinski definition) is 7. The Morgan fingerprint density at radius 3 is 1.84 bits per heavy atom. The van der Waals surface area contributed by atoms with Gasteiger partial charge in [0.1, 0.15) is 18.1 Å². The van der Waals surface area contributed by atoms with Crippen LogP contribution in [0.5, 0.6) is 0 Å². The van der Waals surface area contributed by atoms with E-state index in [9.17, 15) is 34.2 Å². The highest BCUT2D eigenvalue weighted by molar-refractivity contribution is 5.94. The number of aliphatic carboxylic acids is 2. The second-order valence-electron chi connectivity index (χ2n) is 8.18. The Kier molecular flexibility index (Phi) is 13.1. The number of aliphatic hydroxyl groups is 1. The van der Waals surface area contributed by atoms with Gasteiger partial charge in [0.25, 0.3) is 0 Å². The van der Waals surface area contributed by atoms with Gasteiger partial charge >= 0.3 is 11.9 Å². The van der Waals surface area contributed by atoms with Crippen molar-refractivity contribution >= 4 is 29.7 Å². The highest BCUT2D eigenvalue weighted by Gasteiger charge is 2.32. The van der Waals surface area contributed by atoms with Crippen LogP contribution in [0.2, 0.25) is 0 Å². The van der Waals surface area contributed by atoms with E-state index < -0.39 is 60.4 Å². The number of nitrogens with two attached hydrogens (primary N) is 1. The quantitative estimate of drug-likeness (QED) is 0.156. The van der Waals surface area contributed by atoms with Crippen LogP contribution in [0.25, 0.3) is 0 Å². The second kappa shape index (κ2) is 14.4. The third-order valence-electron chi connectivity index (χ3n) is 4.94. The molecule has 0 saturated heterocycles. The summed E-state index contributed by atoms with van der Waals surface area (Å²) in [6.45, 7) is 6.30. The predicted molar refractivity (Wildman–Crippen MR) is 114 cm³/mol. The first-order chi connectivity index (χ1) is 14.8. The number of carboxylic acids is 2. The maximum atomic E-state index is 12.7. The van der Waals surface area contributed by atoms with Crippen LogP contribution in [0.3, 0.4) is 0 Å². The van der Waals surface area contributed by atoms with E-state index in [1.54, 1.807) is 13.8 Å². The molecule has 184 valence electrons. The van der Waals surface area contributed by atoms with Crippen LogP contribution in [-0.4, -0.2) is 75.8 Å². The molecule has 5 unspecified atom stereocenters. The zero-order valence-electron chi connectivity index (χ0n) is 19.0. The lowest BCUT2D eigenvalue weighted by atomic mass is 9.97. The van der Waals surface area contributed by atoms with E-state index in [4.69, 9.17) is 10.8 Å². The van der Waals surface area contributed by atoms with Gasteiger partial charge in [0.15, 0.2) is 0 Å². The molecule has 8 N–H and O–H groups in total. The highest BCUT2D eigenvalue weighted by atomic mass is 16.4. The molecule has 5 atom stereocenters. The Bertz CT molecular complexity index is 670. The van der Waals surface area contributed by atoms with Gasteiger partial charge in [-0.3, -0.25) is 19.2 Å². The molecule has 3 amide bonds. The SMILES string of the molecule is CCC(C)C(NC(=O)C(CC(C)C)NC(=O)C(CO)NC(=O)C(N)CCC(=O)O)C(=O)O. The van der Waals surface area contributed by atoms with Crippen molar-refractivity contribution in [3.8, 4) is 0 Å². The second-order valence-corrected chi connectivity index (χ2v) is 8.18. The minimum Gasteiger partial charge on any atom is -0.481 e. The summed E-state index contributed by atoms with van der Waals surface area (Å²) in [4.78, 5) is 59.5. The number of carbonyl (C=O) groups is 5. The average Bonchev–Trinajstić information content (AvgIpc) is 2.71. The van der Waals surface area contributed by atoms with Gasteiger partial charge in [-0.15, -0.1) is 0 Å². The van der Waals surface area contributed by atoms with Gasteiger partial charge < -0.3 is 37.0 Å². The fraction of sp³-hybridized carbons (Fsp3) is 0.750. The van der Waals surface area contributed by atoms with Gasteiger partial charge in [-0.2, -0.15) is 0 Å². The molecule has 0 aliphatic carbocycles. The van der Waals surface area contributed by atoms with Gasteiger partial charge in [0, 0.05) is 6.42 Å². The van der Waals surface area contributed by atoms with Crippen LogP contribution in [0.4, 0.5) is 0 Å². The third-order valence-corrected chi connectivity index (χ3v) is 4.94. The van der Waals surface area contributed by atoms with Crippen LogP contribution < -0.4 is 21.7 Å². The van der Waals surface area contributed by atoms with Gasteiger partial charge in [-0.25, -0.2) is 4.79 Å². The van der Waals surface area contributed by atoms with E-state index >= 15 is 0 Å². The summed E-state index contributed by atoms with van der Waals surface area (Å²) in [5, 5.41) is 34.7. The molecule has 0 saturated carbocycles. The first kappa shape index (κ1) is 29.3. The monoisotopic (exact) mass is 460 g/mol. The van der Waals surface area contributed by atoms with Gasteiger partial charge in [0.05, 0.1) is 12.6 Å². The summed E-state index contributed by atoms with van der Waals surface area (Å²) < 4.78 is 0. The van der Waals surface area contributed by atoms with Crippen LogP contribution >= 0.6 is 0 Å². The summed E-state index contributed by atoms with van der Waals surface area (Å²) >= 11 is 0. The Morgan fingerprint density at radius 2 is 1.41 bits per heavy atom. The fourth-order valence-electron chi connectivity index (χ4n) is 2.80. The lowest BCUT2D eigenvalue weighted by Crippen LogP contribution is -2.58. The van der Waals surface area contributed by atoms with Gasteiger partial charge in [-0.1, -0.05) is 34.1 Å². The van der Waals surface area contributed by atoms with E-state index in [0.717, 1.165) is 0 Å². The first-order valence-corrected chi connectivity index (χ1v) is 10.6. The van der Waals surface area contributed by atoms with Crippen LogP contribution in [0.1, 0.15) is 53.4 Å². The van der Waals surface area contributed by atoms with Crippen molar-refractivity contribution in [1.29, 1.82) is 0 Å². The summed E-state index contributed by atoms with van der Waals surface area (Å²) in [5.41, 5.74) is 5.60. The van der Waals surface area contributed by atoms with E-state index in [2.05, 4.69) is 16.0 Å². The molecule has 0 aromatic rings. The lowest BCUT2D eigenvalue weighted by molar-refractivity contribution is -0.144. The maximum absolute atomic E-state index is 12.7. The zero-order valence-corrected chi connectivity index (χ0v) is 19.0. The van der Waals surface area contributed by atoms with E-state index in [1.165, 1.54) is 0 Å². The van der Waals surface area contributed by atoms with Gasteiger partial charge in [0.2, 0.25) is 17.7 Å². The molecule has 0 heterocycles. The van der Waals surface area contributed by atoms with Crippen molar-refractivity contribution in [2.24, 2.45) is 17.6 Å². The maximum Gasteiger partial charge on any atom is 0.326 e. The molecule has 32 heavy (non-hydrogen) atoms. The van der Waals surface area contributed by atoms with Gasteiger partial charge in [-0.05, 0) is 24.7 Å². The van der Waals surface area contributed by atoms with Crippen molar-refractivity contribution in [2.45, 2.75) is 77.5 Å². The highest BCUT2D eigenvalue weighted by Crippen LogP contribution is 2.11. The van der Waals surface area contributed by atoms with Crippen molar-refractivity contribution < 1.29 is 39.3 Å². The Hall–Kier alpha value is -2.73. The number of carbonyl (C=O) groups excluding carboxylic acids is 3. The molecule has 12 nitrogen and oxygen atoms in total. The minimum atomic E-state index is -1.43. The smallest absolute Gasteiger partial charge is 0.326 e. The minimum absolute atomic E-state index is 0.0375. The molecule has 12 heteroatoms. The normalized spacial score (nSPS) is 15.7. The number of rotatable bonds is 15. The van der Waals surface area contributed by atoms with E-state index in [1.807, 2.05) is 13.8 Å². The number of nitrogens with one attached hydrogen (secondary N) is 3. The van der Waals surface area contributed by atoms with Crippen molar-refractivity contribution in [3.05, 3.63) is 0 Å². The van der Waals surface area contributed by atoms with E-state index in [-0.39, 0.29) is 31.1 Å². The average molecular weight is 461 g/mol. The summed E-state index contributed by atoms with van der Waals surface area (Å²) in [6.07, 6.45) is 0.196. The van der Waals surface area contributed by atoms with Crippen LogP contribution in [0.15, 0.2) is 0 Å². The third kappa shape index (κ3) is 10.5. The van der Waals surface area contributed by atoms with Crippen molar-refractivity contribution in [2.75, 3.05) is 6.61 Å². The Morgan fingerprint density at radius 1 is 0.875 bits per heavy atom.